The number of hydrogen-bond acceptors (Lipinski definition) is 2. The SMILES string of the molecule is N#CCC1(c2cccc(C=O)c2)CCCC1. The van der Waals surface area contributed by atoms with Crippen LogP contribution in [0.1, 0.15) is 48.0 Å². The second kappa shape index (κ2) is 4.49. The first kappa shape index (κ1) is 10.9. The van der Waals surface area contributed by atoms with E-state index in [9.17, 15) is 4.79 Å². The summed E-state index contributed by atoms with van der Waals surface area (Å²) in [6, 6.07) is 10.0. The molecule has 0 atom stereocenters. The van der Waals surface area contributed by atoms with Gasteiger partial charge in [0.05, 0.1) is 6.07 Å². The van der Waals surface area contributed by atoms with Crippen molar-refractivity contribution in [3.63, 3.8) is 0 Å². The average molecular weight is 213 g/mol. The first-order chi connectivity index (χ1) is 7.80. The maximum absolute atomic E-state index is 10.8. The van der Waals surface area contributed by atoms with E-state index in [1.807, 2.05) is 18.2 Å². The lowest BCUT2D eigenvalue weighted by Gasteiger charge is -2.26. The molecule has 82 valence electrons. The van der Waals surface area contributed by atoms with Gasteiger partial charge < -0.3 is 0 Å². The van der Waals surface area contributed by atoms with E-state index in [0.717, 1.165) is 24.7 Å². The fourth-order valence-corrected chi connectivity index (χ4v) is 2.71. The monoisotopic (exact) mass is 213 g/mol. The van der Waals surface area contributed by atoms with Crippen LogP contribution < -0.4 is 0 Å². The van der Waals surface area contributed by atoms with Gasteiger partial charge in [-0.15, -0.1) is 0 Å². The number of rotatable bonds is 3. The Labute approximate surface area is 95.9 Å². The number of nitriles is 1. The number of hydrogen-bond donors (Lipinski definition) is 0. The summed E-state index contributed by atoms with van der Waals surface area (Å²) < 4.78 is 0. The summed E-state index contributed by atoms with van der Waals surface area (Å²) in [7, 11) is 0. The Morgan fingerprint density at radius 2 is 2.12 bits per heavy atom. The third-order valence-corrected chi connectivity index (χ3v) is 3.61. The third kappa shape index (κ3) is 1.86. The molecule has 16 heavy (non-hydrogen) atoms. The molecule has 1 fully saturated rings. The minimum atomic E-state index is 0.00771. The van der Waals surface area contributed by atoms with Crippen LogP contribution in [0.4, 0.5) is 0 Å². The van der Waals surface area contributed by atoms with Crippen LogP contribution in [-0.2, 0) is 5.41 Å². The maximum Gasteiger partial charge on any atom is 0.150 e. The lowest BCUT2D eigenvalue weighted by molar-refractivity contribution is 0.112. The molecule has 1 aliphatic carbocycles. The molecule has 0 amide bonds. The highest BCUT2D eigenvalue weighted by molar-refractivity contribution is 5.75. The molecule has 0 unspecified atom stereocenters. The summed E-state index contributed by atoms with van der Waals surface area (Å²) in [4.78, 5) is 10.8. The maximum atomic E-state index is 10.8. The zero-order valence-corrected chi connectivity index (χ0v) is 9.28. The van der Waals surface area contributed by atoms with Gasteiger partial charge in [0.25, 0.3) is 0 Å². The highest BCUT2D eigenvalue weighted by Gasteiger charge is 2.35. The van der Waals surface area contributed by atoms with Gasteiger partial charge in [-0.3, -0.25) is 4.79 Å². The smallest absolute Gasteiger partial charge is 0.150 e. The Kier molecular flexibility index (Phi) is 3.05. The number of benzene rings is 1. The van der Waals surface area contributed by atoms with Gasteiger partial charge >= 0.3 is 0 Å². The van der Waals surface area contributed by atoms with Crippen LogP contribution >= 0.6 is 0 Å². The van der Waals surface area contributed by atoms with E-state index in [-0.39, 0.29) is 5.41 Å². The van der Waals surface area contributed by atoms with Crippen molar-refractivity contribution < 1.29 is 4.79 Å². The van der Waals surface area contributed by atoms with Gasteiger partial charge in [0, 0.05) is 17.4 Å². The Bertz CT molecular complexity index is 425. The van der Waals surface area contributed by atoms with Gasteiger partial charge in [-0.1, -0.05) is 31.0 Å². The fraction of sp³-hybridized carbons (Fsp3) is 0.429. The van der Waals surface area contributed by atoms with E-state index in [1.165, 1.54) is 12.8 Å². The minimum absolute atomic E-state index is 0.00771. The molecule has 1 aromatic carbocycles. The van der Waals surface area contributed by atoms with Crippen molar-refractivity contribution in [2.24, 2.45) is 0 Å². The predicted octanol–water partition coefficient (Wildman–Crippen LogP) is 3.22. The van der Waals surface area contributed by atoms with Crippen LogP contribution in [0.15, 0.2) is 24.3 Å². The van der Waals surface area contributed by atoms with Crippen molar-refractivity contribution in [3.8, 4) is 6.07 Å². The first-order valence-corrected chi connectivity index (χ1v) is 5.73. The predicted molar refractivity (Wildman–Crippen MR) is 62.2 cm³/mol. The number of nitrogens with zero attached hydrogens (tertiary/aromatic N) is 1. The molecule has 0 N–H and O–H groups in total. The zero-order valence-electron chi connectivity index (χ0n) is 9.28. The first-order valence-electron chi connectivity index (χ1n) is 5.73. The summed E-state index contributed by atoms with van der Waals surface area (Å²) in [6.07, 6.45) is 5.96. The van der Waals surface area contributed by atoms with Crippen LogP contribution in [0.2, 0.25) is 0 Å². The van der Waals surface area contributed by atoms with Gasteiger partial charge in [-0.25, -0.2) is 0 Å². The highest BCUT2D eigenvalue weighted by atomic mass is 16.1. The molecule has 2 rings (SSSR count). The Balaban J connectivity index is 2.39. The molecule has 0 radical (unpaired) electrons. The minimum Gasteiger partial charge on any atom is -0.298 e. The van der Waals surface area contributed by atoms with E-state index < -0.39 is 0 Å². The number of carbonyl (C=O) groups is 1. The molecule has 0 spiro atoms. The Morgan fingerprint density at radius 1 is 1.38 bits per heavy atom. The molecule has 0 bridgehead atoms. The van der Waals surface area contributed by atoms with Gasteiger partial charge in [0.15, 0.2) is 0 Å². The van der Waals surface area contributed by atoms with E-state index >= 15 is 0 Å². The van der Waals surface area contributed by atoms with Crippen molar-refractivity contribution in [1.29, 1.82) is 5.26 Å². The Morgan fingerprint density at radius 3 is 2.75 bits per heavy atom. The molecule has 1 aliphatic rings. The molecule has 0 aromatic heterocycles. The second-order valence-corrected chi connectivity index (χ2v) is 4.57. The van der Waals surface area contributed by atoms with E-state index in [4.69, 9.17) is 5.26 Å². The molecule has 2 heteroatoms. The topological polar surface area (TPSA) is 40.9 Å². The highest BCUT2D eigenvalue weighted by Crippen LogP contribution is 2.43. The molecule has 0 heterocycles. The third-order valence-electron chi connectivity index (χ3n) is 3.61. The van der Waals surface area contributed by atoms with E-state index in [1.54, 1.807) is 0 Å². The van der Waals surface area contributed by atoms with Crippen LogP contribution in [-0.4, -0.2) is 6.29 Å². The van der Waals surface area contributed by atoms with Crippen molar-refractivity contribution in [2.45, 2.75) is 37.5 Å². The van der Waals surface area contributed by atoms with Crippen LogP contribution in [0.25, 0.3) is 0 Å². The molecule has 0 aliphatic heterocycles. The second-order valence-electron chi connectivity index (χ2n) is 4.57. The molecule has 2 nitrogen and oxygen atoms in total. The van der Waals surface area contributed by atoms with Crippen LogP contribution in [0.3, 0.4) is 0 Å². The quantitative estimate of drug-likeness (QED) is 0.723. The largest absolute Gasteiger partial charge is 0.298 e. The van der Waals surface area contributed by atoms with Crippen molar-refractivity contribution in [3.05, 3.63) is 35.4 Å². The summed E-state index contributed by atoms with van der Waals surface area (Å²) in [5.74, 6) is 0. The van der Waals surface area contributed by atoms with Crippen LogP contribution in [0.5, 0.6) is 0 Å². The number of carbonyl (C=O) groups excluding carboxylic acids is 1. The standard InChI is InChI=1S/C14H15NO/c15-9-8-14(6-1-2-7-14)13-5-3-4-12(10-13)11-16/h3-5,10-11H,1-2,6-8H2. The molecule has 0 saturated heterocycles. The molecule has 1 aromatic rings. The number of aldehydes is 1. The summed E-state index contributed by atoms with van der Waals surface area (Å²) in [5, 5.41) is 8.96. The van der Waals surface area contributed by atoms with Gasteiger partial charge in [0.2, 0.25) is 0 Å². The summed E-state index contributed by atoms with van der Waals surface area (Å²) in [6.45, 7) is 0. The van der Waals surface area contributed by atoms with Crippen LogP contribution in [0, 0.1) is 11.3 Å². The lowest BCUT2D eigenvalue weighted by Crippen LogP contribution is -2.21. The Hall–Kier alpha value is -1.62. The van der Waals surface area contributed by atoms with Crippen molar-refractivity contribution in [1.82, 2.24) is 0 Å². The molecular formula is C14H15NO. The van der Waals surface area contributed by atoms with Gasteiger partial charge in [0.1, 0.15) is 6.29 Å². The normalized spacial score (nSPS) is 17.9. The van der Waals surface area contributed by atoms with Gasteiger partial charge in [-0.05, 0) is 24.5 Å². The van der Waals surface area contributed by atoms with Crippen molar-refractivity contribution >= 4 is 6.29 Å². The van der Waals surface area contributed by atoms with Crippen molar-refractivity contribution in [2.75, 3.05) is 0 Å². The molecular weight excluding hydrogens is 198 g/mol. The molecule has 1 saturated carbocycles. The van der Waals surface area contributed by atoms with Gasteiger partial charge in [-0.2, -0.15) is 5.26 Å². The fourth-order valence-electron chi connectivity index (χ4n) is 2.71. The zero-order chi connectivity index (χ0) is 11.4. The summed E-state index contributed by atoms with van der Waals surface area (Å²) in [5.41, 5.74) is 1.88. The van der Waals surface area contributed by atoms with E-state index in [0.29, 0.717) is 12.0 Å². The average Bonchev–Trinajstić information content (AvgIpc) is 2.80. The van der Waals surface area contributed by atoms with E-state index in [2.05, 4.69) is 12.1 Å². The summed E-state index contributed by atoms with van der Waals surface area (Å²) >= 11 is 0. The lowest BCUT2D eigenvalue weighted by atomic mass is 9.76.